The minimum absolute atomic E-state index is 0.000743. The van der Waals surface area contributed by atoms with Gasteiger partial charge in [-0.05, 0) is 76.3 Å². The number of amides is 1. The van der Waals surface area contributed by atoms with Crippen molar-refractivity contribution in [2.75, 3.05) is 13.1 Å². The molecule has 2 aromatic rings. The van der Waals surface area contributed by atoms with Crippen molar-refractivity contribution in [1.82, 2.24) is 4.90 Å². The van der Waals surface area contributed by atoms with Crippen LogP contribution in [0.3, 0.4) is 0 Å². The van der Waals surface area contributed by atoms with Crippen molar-refractivity contribution in [3.05, 3.63) is 94.1 Å². The van der Waals surface area contributed by atoms with Gasteiger partial charge in [-0.1, -0.05) is 73.5 Å². The summed E-state index contributed by atoms with van der Waals surface area (Å²) in [6.07, 6.45) is 8.62. The van der Waals surface area contributed by atoms with Crippen molar-refractivity contribution >= 4 is 17.5 Å². The van der Waals surface area contributed by atoms with E-state index in [1.807, 2.05) is 18.2 Å². The molecule has 1 amide bonds. The van der Waals surface area contributed by atoms with Gasteiger partial charge in [0.1, 0.15) is 0 Å². The molecule has 39 heavy (non-hydrogen) atoms. The van der Waals surface area contributed by atoms with E-state index < -0.39 is 0 Å². The number of Topliss-reactive ketones (excluding diaryl/α,β-unsaturated/α-hetero) is 2. The number of unbranched alkanes of at least 4 members (excludes halogenated alkanes) is 2. The molecule has 1 unspecified atom stereocenters. The van der Waals surface area contributed by atoms with Crippen molar-refractivity contribution in [1.29, 1.82) is 0 Å². The lowest BCUT2D eigenvalue weighted by atomic mass is 9.75. The van der Waals surface area contributed by atoms with Crippen LogP contribution < -0.4 is 0 Å². The zero-order valence-electron chi connectivity index (χ0n) is 23.9. The molecule has 1 heterocycles. The third-order valence-electron chi connectivity index (χ3n) is 8.82. The number of allylic oxidation sites excluding steroid dienone is 4. The average Bonchev–Trinajstić information content (AvgIpc) is 2.98. The first-order valence-corrected chi connectivity index (χ1v) is 14.7. The molecule has 0 spiro atoms. The van der Waals surface area contributed by atoms with Gasteiger partial charge >= 0.3 is 0 Å². The van der Waals surface area contributed by atoms with Gasteiger partial charge in [0.15, 0.2) is 11.6 Å². The minimum atomic E-state index is -0.101. The number of hydrogen-bond donors (Lipinski definition) is 0. The lowest BCUT2D eigenvalue weighted by Gasteiger charge is -2.32. The number of piperidine rings is 1. The molecule has 0 saturated carbocycles. The van der Waals surface area contributed by atoms with Gasteiger partial charge in [-0.2, -0.15) is 0 Å². The lowest BCUT2D eigenvalue weighted by molar-refractivity contribution is -0.132. The van der Waals surface area contributed by atoms with E-state index in [1.165, 1.54) is 12.0 Å². The molecule has 1 fully saturated rings. The maximum absolute atomic E-state index is 13.3. The van der Waals surface area contributed by atoms with Gasteiger partial charge in [-0.25, -0.2) is 0 Å². The minimum Gasteiger partial charge on any atom is -0.343 e. The summed E-state index contributed by atoms with van der Waals surface area (Å²) < 4.78 is 0. The second-order valence-electron chi connectivity index (χ2n) is 11.4. The Labute approximate surface area is 234 Å². The fourth-order valence-corrected chi connectivity index (χ4v) is 6.15. The summed E-state index contributed by atoms with van der Waals surface area (Å²) >= 11 is 0. The molecule has 1 saturated heterocycles. The van der Waals surface area contributed by atoms with E-state index in [2.05, 4.69) is 47.4 Å². The number of carbonyl (C=O) groups is 3. The SMILES string of the molecule is CC1=C(C)C(=O)C(C(CCCCCC(=O)N2CCC(CCc3ccccc3)CC2)c2ccccc2)=C(C)C1=O. The first-order chi connectivity index (χ1) is 18.9. The second-order valence-corrected chi connectivity index (χ2v) is 11.4. The average molecular weight is 526 g/mol. The Bertz CT molecular complexity index is 1220. The lowest BCUT2D eigenvalue weighted by Crippen LogP contribution is -2.38. The molecule has 1 atom stereocenters. The quantitative estimate of drug-likeness (QED) is 0.227. The van der Waals surface area contributed by atoms with Crippen molar-refractivity contribution in [3.63, 3.8) is 0 Å². The van der Waals surface area contributed by atoms with E-state index in [-0.39, 0.29) is 23.4 Å². The third kappa shape index (κ3) is 7.23. The van der Waals surface area contributed by atoms with E-state index in [9.17, 15) is 14.4 Å². The Morgan fingerprint density at radius 1 is 0.795 bits per heavy atom. The summed E-state index contributed by atoms with van der Waals surface area (Å²) in [5, 5.41) is 0. The summed E-state index contributed by atoms with van der Waals surface area (Å²) in [4.78, 5) is 41.0. The molecule has 2 aromatic carbocycles. The zero-order chi connectivity index (χ0) is 27.8. The van der Waals surface area contributed by atoms with Crippen molar-refractivity contribution in [3.8, 4) is 0 Å². The molecule has 1 aliphatic heterocycles. The van der Waals surface area contributed by atoms with E-state index >= 15 is 0 Å². The van der Waals surface area contributed by atoms with Crippen LogP contribution in [0.1, 0.15) is 89.2 Å². The molecule has 0 N–H and O–H groups in total. The monoisotopic (exact) mass is 525 g/mol. The molecular formula is C35H43NO3. The van der Waals surface area contributed by atoms with Crippen molar-refractivity contribution in [2.24, 2.45) is 5.92 Å². The van der Waals surface area contributed by atoms with Crippen LogP contribution in [0.25, 0.3) is 0 Å². The number of nitrogens with zero attached hydrogens (tertiary/aromatic N) is 1. The van der Waals surface area contributed by atoms with E-state index in [1.54, 1.807) is 20.8 Å². The Morgan fingerprint density at radius 2 is 1.41 bits per heavy atom. The first-order valence-electron chi connectivity index (χ1n) is 14.7. The van der Waals surface area contributed by atoms with Crippen LogP contribution in [0.2, 0.25) is 0 Å². The number of benzene rings is 2. The van der Waals surface area contributed by atoms with Crippen molar-refractivity contribution in [2.45, 2.75) is 84.5 Å². The summed E-state index contributed by atoms with van der Waals surface area (Å²) in [6.45, 7) is 7.07. The topological polar surface area (TPSA) is 54.5 Å². The molecule has 4 heteroatoms. The predicted octanol–water partition coefficient (Wildman–Crippen LogP) is 7.40. The van der Waals surface area contributed by atoms with Crippen LogP contribution in [-0.2, 0) is 20.8 Å². The molecule has 4 rings (SSSR count). The molecule has 2 aliphatic rings. The van der Waals surface area contributed by atoms with Crippen LogP contribution in [0.4, 0.5) is 0 Å². The Balaban J connectivity index is 1.24. The number of carbonyl (C=O) groups excluding carboxylic acids is 3. The normalized spacial score (nSPS) is 17.7. The van der Waals surface area contributed by atoms with Gasteiger partial charge in [0.05, 0.1) is 0 Å². The van der Waals surface area contributed by atoms with Crippen LogP contribution in [0.5, 0.6) is 0 Å². The molecule has 0 bridgehead atoms. The van der Waals surface area contributed by atoms with E-state index in [0.29, 0.717) is 34.6 Å². The Hall–Kier alpha value is -3.27. The van der Waals surface area contributed by atoms with Gasteiger partial charge in [-0.15, -0.1) is 0 Å². The number of likely N-dealkylation sites (tertiary alicyclic amines) is 1. The number of ketones is 2. The first kappa shape index (κ1) is 28.7. The third-order valence-corrected chi connectivity index (χ3v) is 8.82. The molecule has 0 radical (unpaired) electrons. The van der Waals surface area contributed by atoms with Gasteiger partial charge in [0, 0.05) is 47.7 Å². The maximum atomic E-state index is 13.3. The molecular weight excluding hydrogens is 482 g/mol. The number of rotatable bonds is 11. The van der Waals surface area contributed by atoms with E-state index in [0.717, 1.165) is 63.6 Å². The maximum Gasteiger partial charge on any atom is 0.222 e. The molecule has 1 aliphatic carbocycles. The number of aryl methyl sites for hydroxylation is 1. The standard InChI is InChI=1S/C35H43NO3/c1-25-26(2)35(39)33(27(3)34(25)38)31(30-15-9-5-10-16-30)17-11-6-12-18-32(37)36-23-21-29(22-24-36)20-19-28-13-7-4-8-14-28/h4-5,7-10,13-16,29,31H,6,11-12,17-24H2,1-3H3. The van der Waals surface area contributed by atoms with Crippen molar-refractivity contribution < 1.29 is 14.4 Å². The highest BCUT2D eigenvalue weighted by Gasteiger charge is 2.33. The highest BCUT2D eigenvalue weighted by Crippen LogP contribution is 2.37. The molecule has 4 nitrogen and oxygen atoms in total. The van der Waals surface area contributed by atoms with E-state index in [4.69, 9.17) is 0 Å². The van der Waals surface area contributed by atoms with Gasteiger partial charge in [-0.3, -0.25) is 14.4 Å². The number of hydrogen-bond acceptors (Lipinski definition) is 3. The van der Waals surface area contributed by atoms with Gasteiger partial charge < -0.3 is 4.90 Å². The summed E-state index contributed by atoms with van der Waals surface area (Å²) in [6, 6.07) is 20.7. The highest BCUT2D eigenvalue weighted by molar-refractivity contribution is 6.25. The summed E-state index contributed by atoms with van der Waals surface area (Å²) in [5.41, 5.74) is 4.84. The predicted molar refractivity (Wildman–Crippen MR) is 157 cm³/mol. The second kappa shape index (κ2) is 13.7. The van der Waals surface area contributed by atoms with Crippen LogP contribution in [-0.4, -0.2) is 35.5 Å². The largest absolute Gasteiger partial charge is 0.343 e. The van der Waals surface area contributed by atoms with Gasteiger partial charge in [0.25, 0.3) is 0 Å². The Morgan fingerprint density at radius 3 is 2.08 bits per heavy atom. The fourth-order valence-electron chi connectivity index (χ4n) is 6.15. The summed E-state index contributed by atoms with van der Waals surface area (Å²) in [7, 11) is 0. The molecule has 206 valence electrons. The van der Waals surface area contributed by atoms with Crippen LogP contribution >= 0.6 is 0 Å². The highest BCUT2D eigenvalue weighted by atomic mass is 16.2. The smallest absolute Gasteiger partial charge is 0.222 e. The van der Waals surface area contributed by atoms with Crippen LogP contribution in [0.15, 0.2) is 83.0 Å². The molecule has 0 aromatic heterocycles. The fraction of sp³-hybridized carbons (Fsp3) is 0.457. The zero-order valence-corrected chi connectivity index (χ0v) is 23.9. The Kier molecular flexibility index (Phi) is 10.1. The summed E-state index contributed by atoms with van der Waals surface area (Å²) in [5.74, 6) is 0.868. The van der Waals surface area contributed by atoms with Gasteiger partial charge in [0.2, 0.25) is 5.91 Å². The van der Waals surface area contributed by atoms with Crippen LogP contribution in [0, 0.1) is 5.92 Å².